The first-order valence-electron chi connectivity index (χ1n) is 8.21. The Bertz CT molecular complexity index is 494. The van der Waals surface area contributed by atoms with Crippen LogP contribution < -0.4 is 5.32 Å². The van der Waals surface area contributed by atoms with Crippen LogP contribution in [0.4, 0.5) is 0 Å². The molecule has 0 aromatic heterocycles. The number of carbonyl (C=O) groups is 1. The second-order valence-electron chi connectivity index (χ2n) is 6.44. The molecule has 3 rings (SSSR count). The summed E-state index contributed by atoms with van der Waals surface area (Å²) in [5.74, 6) is 0.839. The molecule has 2 aliphatic rings. The molecule has 0 radical (unpaired) electrons. The van der Waals surface area contributed by atoms with Gasteiger partial charge >= 0.3 is 0 Å². The number of fused-ring (bicyclic) bond motifs is 1. The SMILES string of the molecule is CC1CCCc2ccccc2C1NC(=O)C1CCOCC1. The van der Waals surface area contributed by atoms with Crippen LogP contribution in [0.25, 0.3) is 0 Å². The summed E-state index contributed by atoms with van der Waals surface area (Å²) in [5, 5.41) is 3.34. The molecule has 1 aromatic rings. The Kier molecular flexibility index (Phi) is 4.59. The van der Waals surface area contributed by atoms with Crippen molar-refractivity contribution >= 4 is 5.91 Å². The Hall–Kier alpha value is -1.35. The van der Waals surface area contributed by atoms with Gasteiger partial charge in [-0.25, -0.2) is 0 Å². The van der Waals surface area contributed by atoms with Gasteiger partial charge in [-0.05, 0) is 49.1 Å². The number of aryl methyl sites for hydroxylation is 1. The minimum atomic E-state index is 0.126. The lowest BCUT2D eigenvalue weighted by atomic mass is 9.90. The van der Waals surface area contributed by atoms with Gasteiger partial charge in [0.15, 0.2) is 0 Å². The Morgan fingerprint density at radius 3 is 2.76 bits per heavy atom. The first-order valence-corrected chi connectivity index (χ1v) is 8.21. The number of rotatable bonds is 2. The minimum Gasteiger partial charge on any atom is -0.381 e. The van der Waals surface area contributed by atoms with Crippen molar-refractivity contribution in [2.24, 2.45) is 11.8 Å². The lowest BCUT2D eigenvalue weighted by Gasteiger charge is -2.28. The van der Waals surface area contributed by atoms with E-state index in [-0.39, 0.29) is 17.9 Å². The molecule has 1 heterocycles. The zero-order valence-corrected chi connectivity index (χ0v) is 12.8. The molecule has 1 amide bonds. The lowest BCUT2D eigenvalue weighted by molar-refractivity contribution is -0.129. The number of amides is 1. The molecule has 3 nitrogen and oxygen atoms in total. The quantitative estimate of drug-likeness (QED) is 0.848. The van der Waals surface area contributed by atoms with Crippen molar-refractivity contribution in [2.75, 3.05) is 13.2 Å². The van der Waals surface area contributed by atoms with Crippen molar-refractivity contribution in [3.63, 3.8) is 0 Å². The molecule has 0 saturated carbocycles. The molecular weight excluding hydrogens is 262 g/mol. The molecule has 0 bridgehead atoms. The van der Waals surface area contributed by atoms with Gasteiger partial charge in [-0.3, -0.25) is 4.79 Å². The summed E-state index contributed by atoms with van der Waals surface area (Å²) >= 11 is 0. The number of hydrogen-bond acceptors (Lipinski definition) is 2. The molecule has 1 saturated heterocycles. The summed E-state index contributed by atoms with van der Waals surface area (Å²) in [6.07, 6.45) is 5.22. The van der Waals surface area contributed by atoms with Gasteiger partial charge in [0, 0.05) is 19.1 Å². The second-order valence-corrected chi connectivity index (χ2v) is 6.44. The van der Waals surface area contributed by atoms with Crippen molar-refractivity contribution in [3.05, 3.63) is 35.4 Å². The van der Waals surface area contributed by atoms with Gasteiger partial charge < -0.3 is 10.1 Å². The van der Waals surface area contributed by atoms with E-state index in [9.17, 15) is 4.79 Å². The van der Waals surface area contributed by atoms with Crippen molar-refractivity contribution < 1.29 is 9.53 Å². The molecule has 3 heteroatoms. The molecule has 2 atom stereocenters. The summed E-state index contributed by atoms with van der Waals surface area (Å²) < 4.78 is 5.36. The van der Waals surface area contributed by atoms with Gasteiger partial charge in [0.2, 0.25) is 5.91 Å². The van der Waals surface area contributed by atoms with Crippen LogP contribution in [0.5, 0.6) is 0 Å². The summed E-state index contributed by atoms with van der Waals surface area (Å²) in [4.78, 5) is 12.6. The van der Waals surface area contributed by atoms with Crippen LogP contribution in [0.15, 0.2) is 24.3 Å². The van der Waals surface area contributed by atoms with Crippen LogP contribution in [-0.4, -0.2) is 19.1 Å². The molecular formula is C18H25NO2. The Labute approximate surface area is 127 Å². The van der Waals surface area contributed by atoms with Gasteiger partial charge in [0.1, 0.15) is 0 Å². The molecule has 1 N–H and O–H groups in total. The highest BCUT2D eigenvalue weighted by molar-refractivity contribution is 5.79. The highest BCUT2D eigenvalue weighted by atomic mass is 16.5. The maximum atomic E-state index is 12.6. The smallest absolute Gasteiger partial charge is 0.223 e. The maximum Gasteiger partial charge on any atom is 0.223 e. The van der Waals surface area contributed by atoms with Crippen LogP contribution in [-0.2, 0) is 16.0 Å². The second kappa shape index (κ2) is 6.61. The standard InChI is InChI=1S/C18H25NO2/c1-13-5-4-7-14-6-2-3-8-16(14)17(13)19-18(20)15-9-11-21-12-10-15/h2-3,6,8,13,15,17H,4-5,7,9-12H2,1H3,(H,19,20). The normalized spacial score (nSPS) is 26.7. The van der Waals surface area contributed by atoms with Crippen molar-refractivity contribution in [2.45, 2.75) is 45.1 Å². The third-order valence-corrected chi connectivity index (χ3v) is 4.95. The molecule has 0 spiro atoms. The number of ether oxygens (including phenoxy) is 1. The van der Waals surface area contributed by atoms with Crippen LogP contribution in [0.2, 0.25) is 0 Å². The van der Waals surface area contributed by atoms with Gasteiger partial charge in [-0.2, -0.15) is 0 Å². The Balaban J connectivity index is 1.77. The van der Waals surface area contributed by atoms with Crippen molar-refractivity contribution in [1.29, 1.82) is 0 Å². The van der Waals surface area contributed by atoms with Crippen molar-refractivity contribution in [1.82, 2.24) is 5.32 Å². The molecule has 2 unspecified atom stereocenters. The van der Waals surface area contributed by atoms with E-state index in [1.165, 1.54) is 24.0 Å². The fourth-order valence-electron chi connectivity index (χ4n) is 3.60. The van der Waals surface area contributed by atoms with E-state index in [2.05, 4.69) is 36.5 Å². The maximum absolute atomic E-state index is 12.6. The predicted molar refractivity (Wildman–Crippen MR) is 83.0 cm³/mol. The Morgan fingerprint density at radius 1 is 1.19 bits per heavy atom. The zero-order valence-electron chi connectivity index (χ0n) is 12.8. The molecule has 114 valence electrons. The van der Waals surface area contributed by atoms with Gasteiger partial charge in [-0.15, -0.1) is 0 Å². The Morgan fingerprint density at radius 2 is 1.95 bits per heavy atom. The van der Waals surface area contributed by atoms with Gasteiger partial charge in [-0.1, -0.05) is 31.2 Å². The predicted octanol–water partition coefficient (Wildman–Crippen LogP) is 3.24. The molecule has 21 heavy (non-hydrogen) atoms. The number of benzene rings is 1. The first kappa shape index (κ1) is 14.6. The van der Waals surface area contributed by atoms with E-state index in [1.54, 1.807) is 0 Å². The largest absolute Gasteiger partial charge is 0.381 e. The van der Waals surface area contributed by atoms with Crippen LogP contribution >= 0.6 is 0 Å². The van der Waals surface area contributed by atoms with E-state index in [0.29, 0.717) is 5.92 Å². The van der Waals surface area contributed by atoms with Crippen LogP contribution in [0.3, 0.4) is 0 Å². The number of hydrogen-bond donors (Lipinski definition) is 1. The third-order valence-electron chi connectivity index (χ3n) is 4.95. The monoisotopic (exact) mass is 287 g/mol. The number of carbonyl (C=O) groups excluding carboxylic acids is 1. The fraction of sp³-hybridized carbons (Fsp3) is 0.611. The topological polar surface area (TPSA) is 38.3 Å². The average Bonchev–Trinajstić information content (AvgIpc) is 2.68. The highest BCUT2D eigenvalue weighted by Crippen LogP contribution is 2.33. The van der Waals surface area contributed by atoms with Crippen LogP contribution in [0.1, 0.15) is 49.8 Å². The van der Waals surface area contributed by atoms with E-state index < -0.39 is 0 Å². The van der Waals surface area contributed by atoms with E-state index in [4.69, 9.17) is 4.74 Å². The van der Waals surface area contributed by atoms with Crippen LogP contribution in [0, 0.1) is 11.8 Å². The van der Waals surface area contributed by atoms with Gasteiger partial charge in [0.25, 0.3) is 0 Å². The molecule has 1 fully saturated rings. The van der Waals surface area contributed by atoms with Crippen molar-refractivity contribution in [3.8, 4) is 0 Å². The first-order chi connectivity index (χ1) is 10.3. The zero-order chi connectivity index (χ0) is 14.7. The molecule has 1 aliphatic heterocycles. The van der Waals surface area contributed by atoms with Gasteiger partial charge in [0.05, 0.1) is 6.04 Å². The summed E-state index contributed by atoms with van der Waals surface area (Å²) in [5.41, 5.74) is 2.72. The molecule has 1 aromatic carbocycles. The van der Waals surface area contributed by atoms with E-state index in [1.807, 2.05) is 0 Å². The average molecular weight is 287 g/mol. The van der Waals surface area contributed by atoms with E-state index >= 15 is 0 Å². The summed E-state index contributed by atoms with van der Waals surface area (Å²) in [6.45, 7) is 3.70. The third kappa shape index (κ3) is 3.29. The minimum absolute atomic E-state index is 0.126. The molecule has 1 aliphatic carbocycles. The summed E-state index contributed by atoms with van der Waals surface area (Å²) in [6, 6.07) is 8.75. The summed E-state index contributed by atoms with van der Waals surface area (Å²) in [7, 11) is 0. The lowest BCUT2D eigenvalue weighted by Crippen LogP contribution is -2.38. The highest BCUT2D eigenvalue weighted by Gasteiger charge is 2.29. The fourth-order valence-corrected chi connectivity index (χ4v) is 3.60. The van der Waals surface area contributed by atoms with E-state index in [0.717, 1.165) is 32.5 Å². The number of nitrogens with one attached hydrogen (secondary N) is 1.